The molecule has 6 nitrogen and oxygen atoms in total. The monoisotopic (exact) mass is 428 g/mol. The van der Waals surface area contributed by atoms with Crippen LogP contribution in [0.2, 0.25) is 0 Å². The van der Waals surface area contributed by atoms with Gasteiger partial charge in [-0.25, -0.2) is 5.01 Å². The van der Waals surface area contributed by atoms with Gasteiger partial charge in [-0.3, -0.25) is 5.43 Å². The first-order valence-corrected chi connectivity index (χ1v) is 11.5. The Kier molecular flexibility index (Phi) is 8.43. The maximum Gasteiger partial charge on any atom is 0.160 e. The van der Waals surface area contributed by atoms with Crippen molar-refractivity contribution in [3.8, 4) is 23.0 Å². The van der Waals surface area contributed by atoms with Crippen molar-refractivity contribution >= 4 is 0 Å². The van der Waals surface area contributed by atoms with Crippen LogP contribution in [-0.2, 0) is 19.3 Å². The van der Waals surface area contributed by atoms with Gasteiger partial charge in [0.2, 0.25) is 0 Å². The molecule has 170 valence electrons. The predicted octanol–water partition coefficient (Wildman–Crippen LogP) is 4.39. The Labute approximate surface area is 185 Å². The molecule has 0 radical (unpaired) electrons. The third-order valence-electron chi connectivity index (χ3n) is 6.23. The number of hydrogen-bond donors (Lipinski definition) is 5. The quantitative estimate of drug-likeness (QED) is 0.207. The van der Waals surface area contributed by atoms with Gasteiger partial charge in [-0.05, 0) is 67.9 Å². The molecule has 1 aliphatic rings. The molecule has 2 aromatic rings. The minimum absolute atomic E-state index is 0.0352. The van der Waals surface area contributed by atoms with E-state index in [4.69, 9.17) is 0 Å². The number of phenolic OH excluding ortho intramolecular Hbond substituents is 4. The highest BCUT2D eigenvalue weighted by Gasteiger charge is 2.26. The molecule has 0 saturated heterocycles. The van der Waals surface area contributed by atoms with Gasteiger partial charge in [0, 0.05) is 24.7 Å². The molecule has 0 saturated carbocycles. The van der Waals surface area contributed by atoms with E-state index in [-0.39, 0.29) is 23.0 Å². The fourth-order valence-corrected chi connectivity index (χ4v) is 4.41. The molecule has 0 spiro atoms. The number of hydrazine groups is 1. The Morgan fingerprint density at radius 2 is 1.74 bits per heavy atom. The number of aromatic hydroxyl groups is 4. The number of nitrogens with one attached hydrogen (secondary N) is 1. The summed E-state index contributed by atoms with van der Waals surface area (Å²) in [5, 5.41) is 41.5. The zero-order chi connectivity index (χ0) is 22.2. The summed E-state index contributed by atoms with van der Waals surface area (Å²) >= 11 is 0. The topological polar surface area (TPSA) is 96.2 Å². The van der Waals surface area contributed by atoms with E-state index in [0.717, 1.165) is 68.3 Å². The molecule has 0 bridgehead atoms. The van der Waals surface area contributed by atoms with Gasteiger partial charge in [0.05, 0.1) is 0 Å². The van der Waals surface area contributed by atoms with Crippen molar-refractivity contribution in [1.29, 1.82) is 0 Å². The van der Waals surface area contributed by atoms with Gasteiger partial charge in [0.25, 0.3) is 0 Å². The summed E-state index contributed by atoms with van der Waals surface area (Å²) in [7, 11) is 0. The van der Waals surface area contributed by atoms with Gasteiger partial charge in [0.1, 0.15) is 0 Å². The van der Waals surface area contributed by atoms with Crippen molar-refractivity contribution in [1.82, 2.24) is 10.4 Å². The smallest absolute Gasteiger partial charge is 0.160 e. The van der Waals surface area contributed by atoms with Crippen LogP contribution in [0.1, 0.15) is 62.1 Å². The van der Waals surface area contributed by atoms with Crippen LogP contribution < -0.4 is 5.43 Å². The number of nitrogens with zero attached hydrogens (tertiary/aromatic N) is 1. The van der Waals surface area contributed by atoms with Crippen molar-refractivity contribution in [2.24, 2.45) is 0 Å². The third kappa shape index (κ3) is 6.28. The number of fused-ring (bicyclic) bond motifs is 1. The minimum atomic E-state index is -0.0861. The molecule has 1 atom stereocenters. The van der Waals surface area contributed by atoms with Gasteiger partial charge in [0.15, 0.2) is 23.0 Å². The van der Waals surface area contributed by atoms with E-state index in [2.05, 4.69) is 17.4 Å². The normalized spacial score (nSPS) is 15.9. The molecule has 5 N–H and O–H groups in total. The molecule has 6 heteroatoms. The number of unbranched alkanes of at least 4 members (excludes halogenated alkanes) is 3. The number of hydrogen-bond acceptors (Lipinski definition) is 6. The molecule has 0 heterocycles. The number of aryl methyl sites for hydroxylation is 1. The van der Waals surface area contributed by atoms with Gasteiger partial charge < -0.3 is 20.4 Å². The zero-order valence-corrected chi connectivity index (χ0v) is 18.5. The van der Waals surface area contributed by atoms with Crippen molar-refractivity contribution in [2.45, 2.75) is 70.8 Å². The van der Waals surface area contributed by atoms with Crippen LogP contribution in [0, 0.1) is 0 Å². The van der Waals surface area contributed by atoms with Crippen LogP contribution in [0.4, 0.5) is 0 Å². The largest absolute Gasteiger partial charge is 0.504 e. The fourth-order valence-electron chi connectivity index (χ4n) is 4.41. The molecule has 2 aromatic carbocycles. The van der Waals surface area contributed by atoms with E-state index in [0.29, 0.717) is 6.04 Å². The number of phenols is 4. The Bertz CT molecular complexity index is 856. The van der Waals surface area contributed by atoms with Gasteiger partial charge in [-0.2, -0.15) is 0 Å². The standard InChI is InChI=1S/C25H36N2O4/c1-2-3-4-5-15-27(26-14-6-7-18-8-12-22(28)24(30)16-18)20-10-11-21-19(17-20)9-13-23(29)25(21)31/h8-9,12-13,16,20,26,28-31H,2-7,10-11,14-15,17H2,1H3. The third-order valence-corrected chi connectivity index (χ3v) is 6.23. The van der Waals surface area contributed by atoms with Crippen LogP contribution >= 0.6 is 0 Å². The summed E-state index contributed by atoms with van der Waals surface area (Å²) in [5.41, 5.74) is 6.64. The Balaban J connectivity index is 1.57. The van der Waals surface area contributed by atoms with E-state index >= 15 is 0 Å². The minimum Gasteiger partial charge on any atom is -0.504 e. The summed E-state index contributed by atoms with van der Waals surface area (Å²) in [6.45, 7) is 4.04. The van der Waals surface area contributed by atoms with E-state index in [1.807, 2.05) is 12.1 Å². The van der Waals surface area contributed by atoms with E-state index in [1.165, 1.54) is 25.3 Å². The van der Waals surface area contributed by atoms with Gasteiger partial charge in [-0.15, -0.1) is 0 Å². The van der Waals surface area contributed by atoms with Gasteiger partial charge in [-0.1, -0.05) is 38.3 Å². The molecule has 0 amide bonds. The summed E-state index contributed by atoms with van der Waals surface area (Å²) in [4.78, 5) is 0. The maximum absolute atomic E-state index is 10.2. The van der Waals surface area contributed by atoms with Crippen molar-refractivity contribution in [3.63, 3.8) is 0 Å². The second-order valence-corrected chi connectivity index (χ2v) is 8.56. The second-order valence-electron chi connectivity index (χ2n) is 8.56. The van der Waals surface area contributed by atoms with Crippen LogP contribution in [-0.4, -0.2) is 44.6 Å². The molecular formula is C25H36N2O4. The van der Waals surface area contributed by atoms with Crippen molar-refractivity contribution < 1.29 is 20.4 Å². The molecule has 1 aliphatic carbocycles. The summed E-state index contributed by atoms with van der Waals surface area (Å²) < 4.78 is 0. The van der Waals surface area contributed by atoms with Crippen LogP contribution in [0.25, 0.3) is 0 Å². The van der Waals surface area contributed by atoms with Crippen molar-refractivity contribution in [2.75, 3.05) is 13.1 Å². The average Bonchev–Trinajstić information content (AvgIpc) is 2.77. The number of rotatable bonds is 11. The highest BCUT2D eigenvalue weighted by molar-refractivity contribution is 5.50. The second kappa shape index (κ2) is 11.3. The average molecular weight is 429 g/mol. The SMILES string of the molecule is CCCCCCN(NCCCc1ccc(O)c(O)c1)C1CCc2c(ccc(O)c2O)C1. The molecule has 0 aliphatic heterocycles. The molecule has 0 aromatic heterocycles. The lowest BCUT2D eigenvalue weighted by Gasteiger charge is -2.36. The summed E-state index contributed by atoms with van der Waals surface area (Å²) in [6, 6.07) is 8.88. The lowest BCUT2D eigenvalue weighted by atomic mass is 9.87. The molecule has 0 fully saturated rings. The van der Waals surface area contributed by atoms with Crippen LogP contribution in [0.5, 0.6) is 23.0 Å². The molecule has 31 heavy (non-hydrogen) atoms. The highest BCUT2D eigenvalue weighted by Crippen LogP contribution is 2.36. The van der Waals surface area contributed by atoms with E-state index < -0.39 is 0 Å². The zero-order valence-electron chi connectivity index (χ0n) is 18.5. The van der Waals surface area contributed by atoms with Crippen molar-refractivity contribution in [3.05, 3.63) is 47.0 Å². The Morgan fingerprint density at radius 1 is 0.935 bits per heavy atom. The number of benzene rings is 2. The summed E-state index contributed by atoms with van der Waals surface area (Å²) in [6.07, 6.45) is 9.15. The Hall–Kier alpha value is -2.44. The Morgan fingerprint density at radius 3 is 2.52 bits per heavy atom. The molecular weight excluding hydrogens is 392 g/mol. The fraction of sp³-hybridized carbons (Fsp3) is 0.520. The van der Waals surface area contributed by atoms with Gasteiger partial charge >= 0.3 is 0 Å². The first kappa shape index (κ1) is 23.2. The molecule has 1 unspecified atom stereocenters. The lowest BCUT2D eigenvalue weighted by molar-refractivity contribution is 0.108. The van der Waals surface area contributed by atoms with E-state index in [9.17, 15) is 20.4 Å². The molecule has 3 rings (SSSR count). The van der Waals surface area contributed by atoms with Crippen LogP contribution in [0.3, 0.4) is 0 Å². The maximum atomic E-state index is 10.2. The predicted molar refractivity (Wildman–Crippen MR) is 123 cm³/mol. The summed E-state index contributed by atoms with van der Waals surface area (Å²) in [5.74, 6) is -0.155. The van der Waals surface area contributed by atoms with E-state index in [1.54, 1.807) is 12.1 Å². The first-order valence-electron chi connectivity index (χ1n) is 11.5. The first-order chi connectivity index (χ1) is 15.0. The van der Waals surface area contributed by atoms with Crippen LogP contribution in [0.15, 0.2) is 30.3 Å². The lowest BCUT2D eigenvalue weighted by Crippen LogP contribution is -2.49. The highest BCUT2D eigenvalue weighted by atomic mass is 16.3.